The van der Waals surface area contributed by atoms with Crippen LogP contribution in [0.2, 0.25) is 5.02 Å². The molecule has 0 aromatic heterocycles. The van der Waals surface area contributed by atoms with E-state index in [4.69, 9.17) is 25.8 Å². The third-order valence-electron chi connectivity index (χ3n) is 5.91. The zero-order chi connectivity index (χ0) is 22.6. The van der Waals surface area contributed by atoms with Crippen LogP contribution in [0.3, 0.4) is 0 Å². The number of fused-ring (bicyclic) bond motifs is 1. The summed E-state index contributed by atoms with van der Waals surface area (Å²) in [4.78, 5) is 17.2. The number of rotatable bonds is 6. The number of amides is 1. The van der Waals surface area contributed by atoms with Crippen LogP contribution in [0.25, 0.3) is 0 Å². The lowest BCUT2D eigenvalue weighted by atomic mass is 10.1. The van der Waals surface area contributed by atoms with E-state index in [1.807, 2.05) is 59.5 Å². The Balaban J connectivity index is 1.11. The summed E-state index contributed by atoms with van der Waals surface area (Å²) in [5.41, 5.74) is 2.89. The topological polar surface area (TPSA) is 51.2 Å². The van der Waals surface area contributed by atoms with Crippen molar-refractivity contribution in [2.24, 2.45) is 0 Å². The van der Waals surface area contributed by atoms with Crippen LogP contribution in [0.15, 0.2) is 66.7 Å². The van der Waals surface area contributed by atoms with Crippen molar-refractivity contribution < 1.29 is 19.0 Å². The molecule has 0 spiro atoms. The van der Waals surface area contributed by atoms with E-state index >= 15 is 0 Å². The average molecular weight is 465 g/mol. The molecule has 2 aliphatic heterocycles. The molecule has 5 rings (SSSR count). The van der Waals surface area contributed by atoms with Crippen molar-refractivity contribution in [3.63, 3.8) is 0 Å². The summed E-state index contributed by atoms with van der Waals surface area (Å²) in [5.74, 6) is 2.40. The molecule has 0 N–H and O–H groups in total. The number of carbonyl (C=O) groups excluding carboxylic acids is 1. The molecular weight excluding hydrogens is 440 g/mol. The van der Waals surface area contributed by atoms with Crippen molar-refractivity contribution >= 4 is 17.5 Å². The SMILES string of the molecule is O=C(c1ccc(COc2cccc(Cl)c2)cc1)N1CCN(Cc2ccc3c(c2)OCO3)CC1. The Morgan fingerprint density at radius 3 is 2.42 bits per heavy atom. The van der Waals surface area contributed by atoms with Crippen LogP contribution in [0.4, 0.5) is 0 Å². The molecule has 7 heteroatoms. The van der Waals surface area contributed by atoms with Crippen molar-refractivity contribution in [2.45, 2.75) is 13.2 Å². The van der Waals surface area contributed by atoms with Gasteiger partial charge in [-0.25, -0.2) is 0 Å². The molecule has 0 atom stereocenters. The van der Waals surface area contributed by atoms with Gasteiger partial charge in [-0.2, -0.15) is 0 Å². The molecule has 3 aromatic carbocycles. The van der Waals surface area contributed by atoms with E-state index in [9.17, 15) is 4.79 Å². The molecule has 33 heavy (non-hydrogen) atoms. The Hall–Kier alpha value is -3.22. The van der Waals surface area contributed by atoms with Gasteiger partial charge in [-0.15, -0.1) is 0 Å². The van der Waals surface area contributed by atoms with E-state index in [0.29, 0.717) is 30.3 Å². The van der Waals surface area contributed by atoms with Crippen LogP contribution in [0.5, 0.6) is 17.2 Å². The number of benzene rings is 3. The first-order valence-corrected chi connectivity index (χ1v) is 11.4. The van der Waals surface area contributed by atoms with Crippen molar-refractivity contribution in [3.05, 3.63) is 88.4 Å². The molecule has 3 aromatic rings. The van der Waals surface area contributed by atoms with E-state index in [2.05, 4.69) is 11.0 Å². The van der Waals surface area contributed by atoms with Gasteiger partial charge in [-0.3, -0.25) is 9.69 Å². The third kappa shape index (κ3) is 5.24. The number of carbonyl (C=O) groups is 1. The Labute approximate surface area is 198 Å². The summed E-state index contributed by atoms with van der Waals surface area (Å²) in [6.45, 7) is 4.65. The smallest absolute Gasteiger partial charge is 0.253 e. The molecule has 1 fully saturated rings. The highest BCUT2D eigenvalue weighted by Gasteiger charge is 2.23. The highest BCUT2D eigenvalue weighted by atomic mass is 35.5. The van der Waals surface area contributed by atoms with Gasteiger partial charge in [0.1, 0.15) is 12.4 Å². The second-order valence-corrected chi connectivity index (χ2v) is 8.64. The molecule has 0 aliphatic carbocycles. The third-order valence-corrected chi connectivity index (χ3v) is 6.14. The molecule has 1 saturated heterocycles. The van der Waals surface area contributed by atoms with Gasteiger partial charge in [0, 0.05) is 43.3 Å². The average Bonchev–Trinajstić information content (AvgIpc) is 3.31. The predicted octanol–water partition coefficient (Wildman–Crippen LogP) is 4.61. The van der Waals surface area contributed by atoms with Crippen LogP contribution in [0.1, 0.15) is 21.5 Å². The van der Waals surface area contributed by atoms with E-state index in [1.54, 1.807) is 6.07 Å². The minimum atomic E-state index is 0.0695. The lowest BCUT2D eigenvalue weighted by Gasteiger charge is -2.34. The zero-order valence-corrected chi connectivity index (χ0v) is 19.0. The first kappa shape index (κ1) is 21.6. The van der Waals surface area contributed by atoms with E-state index in [1.165, 1.54) is 5.56 Å². The number of halogens is 1. The largest absolute Gasteiger partial charge is 0.489 e. The Morgan fingerprint density at radius 2 is 1.64 bits per heavy atom. The van der Waals surface area contributed by atoms with E-state index in [0.717, 1.165) is 42.4 Å². The quantitative estimate of drug-likeness (QED) is 0.533. The minimum absolute atomic E-state index is 0.0695. The molecule has 0 bridgehead atoms. The maximum Gasteiger partial charge on any atom is 0.253 e. The standard InChI is InChI=1S/C26H25ClN2O4/c27-22-2-1-3-23(15-22)31-17-19-4-7-21(8-5-19)26(30)29-12-10-28(11-13-29)16-20-6-9-24-25(14-20)33-18-32-24/h1-9,14-15H,10-13,16-18H2. The number of ether oxygens (including phenoxy) is 3. The fraction of sp³-hybridized carbons (Fsp3) is 0.269. The van der Waals surface area contributed by atoms with Gasteiger partial charge in [0.05, 0.1) is 0 Å². The minimum Gasteiger partial charge on any atom is -0.489 e. The maximum atomic E-state index is 13.0. The van der Waals surface area contributed by atoms with Crippen LogP contribution in [-0.4, -0.2) is 48.7 Å². The number of hydrogen-bond donors (Lipinski definition) is 0. The van der Waals surface area contributed by atoms with Gasteiger partial charge < -0.3 is 19.1 Å². The number of hydrogen-bond acceptors (Lipinski definition) is 5. The van der Waals surface area contributed by atoms with Crippen molar-refractivity contribution in [2.75, 3.05) is 33.0 Å². The molecule has 170 valence electrons. The second kappa shape index (κ2) is 9.73. The summed E-state index contributed by atoms with van der Waals surface area (Å²) in [6, 6.07) is 21.0. The molecule has 2 aliphatic rings. The van der Waals surface area contributed by atoms with Gasteiger partial charge in [-0.1, -0.05) is 35.9 Å². The van der Waals surface area contributed by atoms with Gasteiger partial charge in [0.25, 0.3) is 5.91 Å². The summed E-state index contributed by atoms with van der Waals surface area (Å²) >= 11 is 5.99. The predicted molar refractivity (Wildman–Crippen MR) is 126 cm³/mol. The summed E-state index contributed by atoms with van der Waals surface area (Å²) in [7, 11) is 0. The number of nitrogens with zero attached hydrogens (tertiary/aromatic N) is 2. The van der Waals surface area contributed by atoms with Gasteiger partial charge >= 0.3 is 0 Å². The lowest BCUT2D eigenvalue weighted by Crippen LogP contribution is -2.48. The van der Waals surface area contributed by atoms with Crippen molar-refractivity contribution in [1.29, 1.82) is 0 Å². The molecule has 0 radical (unpaired) electrons. The lowest BCUT2D eigenvalue weighted by molar-refractivity contribution is 0.0628. The molecular formula is C26H25ClN2O4. The van der Waals surface area contributed by atoms with Crippen LogP contribution in [-0.2, 0) is 13.2 Å². The fourth-order valence-electron chi connectivity index (χ4n) is 4.06. The van der Waals surface area contributed by atoms with Gasteiger partial charge in [0.2, 0.25) is 6.79 Å². The normalized spacial score (nSPS) is 15.5. The Bertz CT molecular complexity index is 1130. The van der Waals surface area contributed by atoms with E-state index in [-0.39, 0.29) is 12.7 Å². The molecule has 0 saturated carbocycles. The second-order valence-electron chi connectivity index (χ2n) is 8.20. The first-order chi connectivity index (χ1) is 16.1. The molecule has 6 nitrogen and oxygen atoms in total. The monoisotopic (exact) mass is 464 g/mol. The Kier molecular flexibility index (Phi) is 6.37. The van der Waals surface area contributed by atoms with Crippen LogP contribution < -0.4 is 14.2 Å². The summed E-state index contributed by atoms with van der Waals surface area (Å²) in [5, 5.41) is 0.643. The Morgan fingerprint density at radius 1 is 0.879 bits per heavy atom. The fourth-order valence-corrected chi connectivity index (χ4v) is 4.24. The summed E-state index contributed by atoms with van der Waals surface area (Å²) < 4.78 is 16.6. The van der Waals surface area contributed by atoms with Gasteiger partial charge in [0.15, 0.2) is 11.5 Å². The van der Waals surface area contributed by atoms with Crippen LogP contribution >= 0.6 is 11.6 Å². The number of piperazine rings is 1. The molecule has 0 unspecified atom stereocenters. The molecule has 2 heterocycles. The van der Waals surface area contributed by atoms with Crippen molar-refractivity contribution in [3.8, 4) is 17.2 Å². The first-order valence-electron chi connectivity index (χ1n) is 11.0. The van der Waals surface area contributed by atoms with Gasteiger partial charge in [-0.05, 0) is 53.6 Å². The van der Waals surface area contributed by atoms with Crippen LogP contribution in [0, 0.1) is 0 Å². The zero-order valence-electron chi connectivity index (χ0n) is 18.2. The molecule has 1 amide bonds. The van der Waals surface area contributed by atoms with E-state index < -0.39 is 0 Å². The summed E-state index contributed by atoms with van der Waals surface area (Å²) in [6.07, 6.45) is 0. The maximum absolute atomic E-state index is 13.0. The highest BCUT2D eigenvalue weighted by molar-refractivity contribution is 6.30. The highest BCUT2D eigenvalue weighted by Crippen LogP contribution is 2.32. The van der Waals surface area contributed by atoms with Crippen molar-refractivity contribution in [1.82, 2.24) is 9.80 Å².